The van der Waals surface area contributed by atoms with Crippen LogP contribution in [0.5, 0.6) is 0 Å². The van der Waals surface area contributed by atoms with Gasteiger partial charge >= 0.3 is 5.97 Å². The van der Waals surface area contributed by atoms with Crippen LogP contribution in [-0.2, 0) is 4.74 Å². The number of halogens is 1. The molecule has 0 atom stereocenters. The lowest BCUT2D eigenvalue weighted by atomic mass is 10.1. The number of carbonyl (C=O) groups is 2. The Hall–Kier alpha value is -2.21. The Labute approximate surface area is 124 Å². The number of nitrogens with one attached hydrogen (secondary N) is 1. The second-order valence-corrected chi connectivity index (χ2v) is 4.65. The van der Waals surface area contributed by atoms with Crippen molar-refractivity contribution in [2.45, 2.75) is 0 Å². The first-order valence-corrected chi connectivity index (χ1v) is 6.52. The van der Waals surface area contributed by atoms with Crippen molar-refractivity contribution in [3.63, 3.8) is 0 Å². The number of aromatic nitrogens is 1. The van der Waals surface area contributed by atoms with E-state index in [4.69, 9.17) is 0 Å². The quantitative estimate of drug-likeness (QED) is 0.692. The van der Waals surface area contributed by atoms with Crippen LogP contribution in [0.2, 0.25) is 0 Å². The second-order valence-electron chi connectivity index (χ2n) is 3.84. The molecule has 0 saturated carbocycles. The molecular weight excluding hydrogens is 324 g/mol. The van der Waals surface area contributed by atoms with Gasteiger partial charge in [0.2, 0.25) is 0 Å². The number of hydrogen-bond donors (Lipinski definition) is 1. The Morgan fingerprint density at radius 1 is 1.15 bits per heavy atom. The molecule has 0 bridgehead atoms. The summed E-state index contributed by atoms with van der Waals surface area (Å²) in [4.78, 5) is 27.7. The molecule has 5 nitrogen and oxygen atoms in total. The zero-order valence-electron chi connectivity index (χ0n) is 10.6. The fourth-order valence-corrected chi connectivity index (χ4v) is 1.94. The van der Waals surface area contributed by atoms with Crippen molar-refractivity contribution < 1.29 is 14.3 Å². The molecule has 6 heteroatoms. The summed E-state index contributed by atoms with van der Waals surface area (Å²) < 4.78 is 5.23. The summed E-state index contributed by atoms with van der Waals surface area (Å²) in [6.07, 6.45) is 0. The predicted molar refractivity (Wildman–Crippen MR) is 77.7 cm³/mol. The molecule has 20 heavy (non-hydrogen) atoms. The van der Waals surface area contributed by atoms with Gasteiger partial charge in [-0.05, 0) is 40.2 Å². The fraction of sp³-hybridized carbons (Fsp3) is 0.0714. The van der Waals surface area contributed by atoms with Crippen LogP contribution in [0.3, 0.4) is 0 Å². The first-order chi connectivity index (χ1) is 9.61. The topological polar surface area (TPSA) is 68.3 Å². The number of methoxy groups -OCH3 is 1. The minimum atomic E-state index is -0.511. The summed E-state index contributed by atoms with van der Waals surface area (Å²) in [5, 5.41) is 2.65. The van der Waals surface area contributed by atoms with E-state index in [0.29, 0.717) is 15.9 Å². The highest BCUT2D eigenvalue weighted by atomic mass is 79.9. The summed E-state index contributed by atoms with van der Waals surface area (Å²) in [7, 11) is 1.29. The molecule has 0 aliphatic heterocycles. The van der Waals surface area contributed by atoms with Crippen LogP contribution in [0.4, 0.5) is 5.69 Å². The maximum Gasteiger partial charge on any atom is 0.339 e. The average Bonchev–Trinajstić information content (AvgIpc) is 2.47. The second kappa shape index (κ2) is 6.29. The molecule has 0 spiro atoms. The van der Waals surface area contributed by atoms with Crippen LogP contribution in [0.25, 0.3) is 0 Å². The van der Waals surface area contributed by atoms with E-state index < -0.39 is 11.9 Å². The zero-order valence-corrected chi connectivity index (χ0v) is 12.2. The number of anilines is 1. The highest BCUT2D eigenvalue weighted by molar-refractivity contribution is 9.10. The average molecular weight is 335 g/mol. The lowest BCUT2D eigenvalue weighted by Crippen LogP contribution is -2.16. The van der Waals surface area contributed by atoms with E-state index in [1.807, 2.05) is 0 Å². The van der Waals surface area contributed by atoms with Crippen molar-refractivity contribution in [2.75, 3.05) is 12.4 Å². The molecule has 1 heterocycles. The van der Waals surface area contributed by atoms with Gasteiger partial charge in [-0.3, -0.25) is 4.79 Å². The van der Waals surface area contributed by atoms with E-state index in [1.165, 1.54) is 7.11 Å². The molecule has 2 rings (SSSR count). The van der Waals surface area contributed by atoms with Gasteiger partial charge in [-0.1, -0.05) is 18.2 Å². The lowest BCUT2D eigenvalue weighted by molar-refractivity contribution is 0.0602. The maximum absolute atomic E-state index is 12.1. The molecule has 2 aromatic rings. The van der Waals surface area contributed by atoms with Crippen molar-refractivity contribution in [1.82, 2.24) is 4.98 Å². The lowest BCUT2D eigenvalue weighted by Gasteiger charge is -2.09. The molecule has 1 aromatic heterocycles. The molecule has 1 N–H and O–H groups in total. The molecule has 0 radical (unpaired) electrons. The molecule has 0 aliphatic carbocycles. The maximum atomic E-state index is 12.1. The summed E-state index contributed by atoms with van der Waals surface area (Å²) >= 11 is 3.20. The number of esters is 1. The van der Waals surface area contributed by atoms with Crippen molar-refractivity contribution >= 4 is 33.5 Å². The molecule has 0 saturated heterocycles. The van der Waals surface area contributed by atoms with Gasteiger partial charge in [0.25, 0.3) is 5.91 Å². The number of para-hydroxylation sites is 1. The number of hydrogen-bond acceptors (Lipinski definition) is 4. The van der Waals surface area contributed by atoms with E-state index >= 15 is 0 Å². The van der Waals surface area contributed by atoms with E-state index in [1.54, 1.807) is 42.5 Å². The largest absolute Gasteiger partial charge is 0.465 e. The van der Waals surface area contributed by atoms with Crippen LogP contribution in [0.15, 0.2) is 47.1 Å². The van der Waals surface area contributed by atoms with E-state index in [-0.39, 0.29) is 5.69 Å². The third-order valence-electron chi connectivity index (χ3n) is 2.53. The van der Waals surface area contributed by atoms with Crippen LogP contribution < -0.4 is 5.32 Å². The van der Waals surface area contributed by atoms with Crippen molar-refractivity contribution in [3.8, 4) is 0 Å². The number of pyridine rings is 1. The highest BCUT2D eigenvalue weighted by Crippen LogP contribution is 2.17. The Balaban J connectivity index is 2.26. The Bertz CT molecular complexity index is 658. The van der Waals surface area contributed by atoms with Gasteiger partial charge in [0.05, 0.1) is 18.4 Å². The number of rotatable bonds is 3. The van der Waals surface area contributed by atoms with Crippen molar-refractivity contribution in [2.24, 2.45) is 0 Å². The van der Waals surface area contributed by atoms with Gasteiger partial charge < -0.3 is 10.1 Å². The smallest absolute Gasteiger partial charge is 0.339 e. The normalized spacial score (nSPS) is 9.90. The van der Waals surface area contributed by atoms with Gasteiger partial charge in [-0.25, -0.2) is 9.78 Å². The standard InChI is InChI=1S/C14H11BrN2O3/c1-20-14(19)9-5-2-3-6-10(9)17-13(18)11-7-4-8-12(15)16-11/h2-8H,1H3,(H,17,18). The Morgan fingerprint density at radius 3 is 2.60 bits per heavy atom. The third kappa shape index (κ3) is 3.21. The van der Waals surface area contributed by atoms with Gasteiger partial charge in [0.1, 0.15) is 10.3 Å². The third-order valence-corrected chi connectivity index (χ3v) is 2.97. The number of amides is 1. The molecule has 0 unspecified atom stereocenters. The van der Waals surface area contributed by atoms with Gasteiger partial charge in [-0.15, -0.1) is 0 Å². The highest BCUT2D eigenvalue weighted by Gasteiger charge is 2.14. The SMILES string of the molecule is COC(=O)c1ccccc1NC(=O)c1cccc(Br)n1. The van der Waals surface area contributed by atoms with Gasteiger partial charge in [0.15, 0.2) is 0 Å². The first kappa shape index (κ1) is 14.2. The van der Waals surface area contributed by atoms with Crippen LogP contribution >= 0.6 is 15.9 Å². The van der Waals surface area contributed by atoms with Gasteiger partial charge in [-0.2, -0.15) is 0 Å². The number of nitrogens with zero attached hydrogens (tertiary/aromatic N) is 1. The van der Waals surface area contributed by atoms with E-state index in [9.17, 15) is 9.59 Å². The molecule has 0 aliphatic rings. The monoisotopic (exact) mass is 334 g/mol. The minimum absolute atomic E-state index is 0.249. The Kier molecular flexibility index (Phi) is 4.47. The zero-order chi connectivity index (χ0) is 14.5. The van der Waals surface area contributed by atoms with Gasteiger partial charge in [0, 0.05) is 0 Å². The molecular formula is C14H11BrN2O3. The first-order valence-electron chi connectivity index (χ1n) is 5.73. The van der Waals surface area contributed by atoms with Crippen LogP contribution in [0, 0.1) is 0 Å². The van der Waals surface area contributed by atoms with Crippen LogP contribution in [-0.4, -0.2) is 24.0 Å². The molecule has 0 fully saturated rings. The van der Waals surface area contributed by atoms with Crippen LogP contribution in [0.1, 0.15) is 20.8 Å². The van der Waals surface area contributed by atoms with Crippen molar-refractivity contribution in [3.05, 3.63) is 58.3 Å². The molecule has 1 aromatic carbocycles. The fourth-order valence-electron chi connectivity index (χ4n) is 1.60. The number of benzene rings is 1. The van der Waals surface area contributed by atoms with E-state index in [2.05, 4.69) is 31.0 Å². The predicted octanol–water partition coefficient (Wildman–Crippen LogP) is 2.88. The van der Waals surface area contributed by atoms with E-state index in [0.717, 1.165) is 0 Å². The summed E-state index contributed by atoms with van der Waals surface area (Å²) in [6.45, 7) is 0. The summed E-state index contributed by atoms with van der Waals surface area (Å²) in [5.41, 5.74) is 0.920. The van der Waals surface area contributed by atoms with Crippen molar-refractivity contribution in [1.29, 1.82) is 0 Å². The number of carbonyl (C=O) groups excluding carboxylic acids is 2. The number of ether oxygens (including phenoxy) is 1. The molecule has 102 valence electrons. The summed E-state index contributed by atoms with van der Waals surface area (Å²) in [6, 6.07) is 11.6. The molecule has 1 amide bonds. The Morgan fingerprint density at radius 2 is 1.90 bits per heavy atom. The minimum Gasteiger partial charge on any atom is -0.465 e. The summed E-state index contributed by atoms with van der Waals surface area (Å²) in [5.74, 6) is -0.911.